The lowest BCUT2D eigenvalue weighted by atomic mass is 10.2. The number of nitrogens with two attached hydrogens (primary N) is 1. The Morgan fingerprint density at radius 3 is 3.00 bits per heavy atom. The third-order valence-corrected chi connectivity index (χ3v) is 3.86. The van der Waals surface area contributed by atoms with Gasteiger partial charge >= 0.3 is 0 Å². The maximum atomic E-state index is 5.88. The summed E-state index contributed by atoms with van der Waals surface area (Å²) in [5.74, 6) is 0.935. The van der Waals surface area contributed by atoms with Gasteiger partial charge in [-0.1, -0.05) is 0 Å². The molecule has 1 aromatic carbocycles. The Hall–Kier alpha value is -0.490. The average molecular weight is 319 g/mol. The van der Waals surface area contributed by atoms with Crippen molar-refractivity contribution in [2.45, 2.75) is 6.92 Å². The van der Waals surface area contributed by atoms with Crippen molar-refractivity contribution in [1.82, 2.24) is 0 Å². The summed E-state index contributed by atoms with van der Waals surface area (Å²) in [6, 6.07) is 5.93. The fraction of sp³-hybridized carbons (Fsp3) is 0.200. The zero-order chi connectivity index (χ0) is 10.1. The van der Waals surface area contributed by atoms with E-state index in [9.17, 15) is 0 Å². The van der Waals surface area contributed by atoms with Gasteiger partial charge in [0, 0.05) is 11.1 Å². The average Bonchev–Trinajstić information content (AvgIpc) is 2.53. The van der Waals surface area contributed by atoms with Gasteiger partial charge in [0.1, 0.15) is 5.75 Å². The van der Waals surface area contributed by atoms with E-state index in [1.165, 1.54) is 2.88 Å². The molecule has 0 saturated heterocycles. The number of fused-ring (bicyclic) bond motifs is 1. The van der Waals surface area contributed by atoms with Crippen LogP contribution in [-0.4, -0.2) is 6.61 Å². The summed E-state index contributed by atoms with van der Waals surface area (Å²) in [5.41, 5.74) is 6.70. The molecule has 0 amide bonds. The van der Waals surface area contributed by atoms with E-state index < -0.39 is 0 Å². The van der Waals surface area contributed by atoms with Crippen LogP contribution in [0.25, 0.3) is 10.1 Å². The smallest absolute Gasteiger partial charge is 0.137 e. The van der Waals surface area contributed by atoms with E-state index in [1.807, 2.05) is 19.1 Å². The van der Waals surface area contributed by atoms with Crippen molar-refractivity contribution in [2.75, 3.05) is 12.3 Å². The molecule has 2 rings (SSSR count). The lowest BCUT2D eigenvalue weighted by Gasteiger charge is -2.04. The molecule has 2 nitrogen and oxygen atoms in total. The van der Waals surface area contributed by atoms with Crippen molar-refractivity contribution in [3.8, 4) is 5.75 Å². The highest BCUT2D eigenvalue weighted by molar-refractivity contribution is 14.1. The van der Waals surface area contributed by atoms with Crippen LogP contribution in [0, 0.1) is 2.88 Å². The second-order valence-corrected chi connectivity index (χ2v) is 5.83. The van der Waals surface area contributed by atoms with Gasteiger partial charge in [-0.15, -0.1) is 11.3 Å². The maximum Gasteiger partial charge on any atom is 0.137 e. The van der Waals surface area contributed by atoms with Crippen LogP contribution in [0.1, 0.15) is 6.92 Å². The Morgan fingerprint density at radius 1 is 1.50 bits per heavy atom. The fourth-order valence-electron chi connectivity index (χ4n) is 1.36. The number of halogens is 1. The highest BCUT2D eigenvalue weighted by Crippen LogP contribution is 2.37. The maximum absolute atomic E-state index is 5.88. The largest absolute Gasteiger partial charge is 0.492 e. The van der Waals surface area contributed by atoms with Crippen LogP contribution in [-0.2, 0) is 0 Å². The molecular weight excluding hydrogens is 309 g/mol. The summed E-state index contributed by atoms with van der Waals surface area (Å²) >= 11 is 4.02. The van der Waals surface area contributed by atoms with E-state index >= 15 is 0 Å². The van der Waals surface area contributed by atoms with Crippen LogP contribution in [0.5, 0.6) is 5.75 Å². The van der Waals surface area contributed by atoms with E-state index in [0.717, 1.165) is 21.5 Å². The molecule has 0 saturated carbocycles. The summed E-state index contributed by atoms with van der Waals surface area (Å²) in [6.07, 6.45) is 0. The van der Waals surface area contributed by atoms with Crippen LogP contribution < -0.4 is 10.5 Å². The van der Waals surface area contributed by atoms with Gasteiger partial charge in [0.25, 0.3) is 0 Å². The Balaban J connectivity index is 2.68. The lowest BCUT2D eigenvalue weighted by molar-refractivity contribution is 0.345. The number of ether oxygens (including phenoxy) is 1. The van der Waals surface area contributed by atoms with Gasteiger partial charge in [-0.2, -0.15) is 0 Å². The molecule has 2 N–H and O–H groups in total. The van der Waals surface area contributed by atoms with E-state index in [1.54, 1.807) is 11.3 Å². The SMILES string of the molecule is CCOc1ccc(N)c2cc(I)sc12. The van der Waals surface area contributed by atoms with E-state index in [0.29, 0.717) is 6.61 Å². The summed E-state index contributed by atoms with van der Waals surface area (Å²) in [6.45, 7) is 2.67. The molecule has 0 bridgehead atoms. The van der Waals surface area contributed by atoms with Crippen LogP contribution >= 0.6 is 33.9 Å². The van der Waals surface area contributed by atoms with Gasteiger partial charge in [-0.25, -0.2) is 0 Å². The van der Waals surface area contributed by atoms with Crippen LogP contribution in [0.2, 0.25) is 0 Å². The molecule has 74 valence electrons. The monoisotopic (exact) mass is 319 g/mol. The van der Waals surface area contributed by atoms with Crippen molar-refractivity contribution in [3.63, 3.8) is 0 Å². The van der Waals surface area contributed by atoms with E-state index in [4.69, 9.17) is 10.5 Å². The summed E-state index contributed by atoms with van der Waals surface area (Å²) in [4.78, 5) is 0. The molecule has 0 aliphatic rings. The minimum Gasteiger partial charge on any atom is -0.492 e. The molecule has 1 heterocycles. The Labute approximate surface area is 100 Å². The number of rotatable bonds is 2. The van der Waals surface area contributed by atoms with Crippen molar-refractivity contribution in [1.29, 1.82) is 0 Å². The molecule has 1 aromatic heterocycles. The summed E-state index contributed by atoms with van der Waals surface area (Å²) in [7, 11) is 0. The van der Waals surface area contributed by atoms with Gasteiger partial charge in [-0.3, -0.25) is 0 Å². The number of thiophene rings is 1. The molecule has 0 atom stereocenters. The quantitative estimate of drug-likeness (QED) is 0.679. The molecule has 14 heavy (non-hydrogen) atoms. The molecule has 0 spiro atoms. The molecule has 0 radical (unpaired) electrons. The first-order chi connectivity index (χ1) is 6.72. The number of hydrogen-bond donors (Lipinski definition) is 1. The molecule has 0 unspecified atom stereocenters. The second-order valence-electron chi connectivity index (χ2n) is 2.88. The molecule has 0 fully saturated rings. The van der Waals surface area contributed by atoms with Crippen LogP contribution in [0.4, 0.5) is 5.69 Å². The Kier molecular flexibility index (Phi) is 2.83. The van der Waals surface area contributed by atoms with E-state index in [2.05, 4.69) is 28.7 Å². The van der Waals surface area contributed by atoms with Gasteiger partial charge in [-0.05, 0) is 47.7 Å². The Bertz CT molecular complexity index is 466. The third kappa shape index (κ3) is 1.68. The van der Waals surface area contributed by atoms with Crippen LogP contribution in [0.3, 0.4) is 0 Å². The second kappa shape index (κ2) is 3.94. The summed E-state index contributed by atoms with van der Waals surface area (Å²) in [5, 5.41) is 1.10. The molecule has 2 aromatic rings. The van der Waals surface area contributed by atoms with Gasteiger partial charge in [0.15, 0.2) is 0 Å². The minimum atomic E-state index is 0.688. The van der Waals surface area contributed by atoms with Crippen molar-refractivity contribution in [2.24, 2.45) is 0 Å². The zero-order valence-corrected chi connectivity index (χ0v) is 10.7. The first-order valence-electron chi connectivity index (χ1n) is 4.32. The number of nitrogen functional groups attached to an aromatic ring is 1. The molecule has 0 aliphatic carbocycles. The predicted octanol–water partition coefficient (Wildman–Crippen LogP) is 3.49. The minimum absolute atomic E-state index is 0.688. The molecular formula is C10H10INOS. The molecule has 4 heteroatoms. The number of anilines is 1. The number of hydrogen-bond acceptors (Lipinski definition) is 3. The highest BCUT2D eigenvalue weighted by atomic mass is 127. The standard InChI is InChI=1S/C10H10INOS/c1-2-13-8-4-3-7(12)6-5-9(11)14-10(6)8/h3-5H,2,12H2,1H3. The summed E-state index contributed by atoms with van der Waals surface area (Å²) < 4.78 is 7.92. The topological polar surface area (TPSA) is 35.2 Å². The molecule has 0 aliphatic heterocycles. The first kappa shape index (κ1) is 10.0. The van der Waals surface area contributed by atoms with Crippen molar-refractivity contribution in [3.05, 3.63) is 21.1 Å². The number of benzene rings is 1. The van der Waals surface area contributed by atoms with Crippen LogP contribution in [0.15, 0.2) is 18.2 Å². The Morgan fingerprint density at radius 2 is 2.29 bits per heavy atom. The fourth-order valence-corrected chi connectivity index (χ4v) is 3.22. The first-order valence-corrected chi connectivity index (χ1v) is 6.22. The van der Waals surface area contributed by atoms with Gasteiger partial charge in [0.05, 0.1) is 14.2 Å². The third-order valence-electron chi connectivity index (χ3n) is 1.95. The van der Waals surface area contributed by atoms with E-state index in [-0.39, 0.29) is 0 Å². The zero-order valence-electron chi connectivity index (χ0n) is 7.71. The predicted molar refractivity (Wildman–Crippen MR) is 70.1 cm³/mol. The normalized spacial score (nSPS) is 10.7. The lowest BCUT2D eigenvalue weighted by Crippen LogP contribution is -1.92. The van der Waals surface area contributed by atoms with Crippen molar-refractivity contribution < 1.29 is 4.74 Å². The van der Waals surface area contributed by atoms with Gasteiger partial charge in [0.2, 0.25) is 0 Å². The highest BCUT2D eigenvalue weighted by Gasteiger charge is 2.08. The van der Waals surface area contributed by atoms with Crippen molar-refractivity contribution >= 4 is 49.7 Å². The van der Waals surface area contributed by atoms with Gasteiger partial charge < -0.3 is 10.5 Å².